The van der Waals surface area contributed by atoms with Gasteiger partial charge >= 0.3 is 0 Å². The van der Waals surface area contributed by atoms with Crippen molar-refractivity contribution in [3.05, 3.63) is 22.8 Å². The summed E-state index contributed by atoms with van der Waals surface area (Å²) in [5, 5.41) is 12.4. The fourth-order valence-electron chi connectivity index (χ4n) is 2.48. The van der Waals surface area contributed by atoms with Crippen molar-refractivity contribution in [2.45, 2.75) is 25.6 Å². The van der Waals surface area contributed by atoms with Gasteiger partial charge in [0.25, 0.3) is 5.91 Å². The molecule has 1 atom stereocenters. The zero-order valence-corrected chi connectivity index (χ0v) is 13.1. The highest BCUT2D eigenvalue weighted by Crippen LogP contribution is 2.23. The molecule has 1 aliphatic heterocycles. The Morgan fingerprint density at radius 1 is 1.62 bits per heavy atom. The van der Waals surface area contributed by atoms with Crippen molar-refractivity contribution in [3.63, 3.8) is 0 Å². The Kier molecular flexibility index (Phi) is 4.70. The number of rotatable bonds is 3. The Morgan fingerprint density at radius 2 is 2.33 bits per heavy atom. The van der Waals surface area contributed by atoms with Crippen molar-refractivity contribution in [1.82, 2.24) is 9.88 Å². The maximum absolute atomic E-state index is 12.6. The van der Waals surface area contributed by atoms with Crippen molar-refractivity contribution >= 4 is 23.3 Å². The molecule has 0 aliphatic carbocycles. The molecule has 7 heteroatoms. The highest BCUT2D eigenvalue weighted by atomic mass is 35.5. The number of morpholine rings is 1. The number of aliphatic hydroxyl groups is 1. The van der Waals surface area contributed by atoms with Crippen molar-refractivity contribution in [2.24, 2.45) is 0 Å². The number of nitrogens with one attached hydrogen (secondary N) is 1. The average Bonchev–Trinajstić information content (AvgIpc) is 2.43. The number of anilines is 1. The Bertz CT molecular complexity index is 536. The van der Waals surface area contributed by atoms with Crippen molar-refractivity contribution < 1.29 is 14.6 Å². The fraction of sp³-hybridized carbons (Fsp3) is 0.571. The molecule has 6 nitrogen and oxygen atoms in total. The highest BCUT2D eigenvalue weighted by Gasteiger charge is 2.35. The largest absolute Gasteiger partial charge is 0.394 e. The standard InChI is InChI=1S/C14H20ClN3O3/c1-14(2)8-18(6-10(7-19)21-14)13(20)9-4-11(15)17-12(5-9)16-3/h4-5,10,19H,6-8H2,1-3H3,(H,16,17). The van der Waals surface area contributed by atoms with Gasteiger partial charge in [0.2, 0.25) is 0 Å². The summed E-state index contributed by atoms with van der Waals surface area (Å²) in [5.74, 6) is 0.391. The molecule has 1 amide bonds. The van der Waals surface area contributed by atoms with Crippen LogP contribution in [0, 0.1) is 0 Å². The normalized spacial score (nSPS) is 21.2. The van der Waals surface area contributed by atoms with Gasteiger partial charge in [-0.05, 0) is 26.0 Å². The lowest BCUT2D eigenvalue weighted by molar-refractivity contribution is -0.139. The Hall–Kier alpha value is -1.37. The van der Waals surface area contributed by atoms with Crippen LogP contribution in [0.1, 0.15) is 24.2 Å². The quantitative estimate of drug-likeness (QED) is 0.825. The summed E-state index contributed by atoms with van der Waals surface area (Å²) in [6.07, 6.45) is -0.376. The van der Waals surface area contributed by atoms with Crippen LogP contribution in [-0.2, 0) is 4.74 Å². The van der Waals surface area contributed by atoms with E-state index < -0.39 is 5.60 Å². The Balaban J connectivity index is 2.24. The second-order valence-corrected chi connectivity index (χ2v) is 6.07. The van der Waals surface area contributed by atoms with Gasteiger partial charge in [-0.25, -0.2) is 4.98 Å². The van der Waals surface area contributed by atoms with Gasteiger partial charge in [-0.2, -0.15) is 0 Å². The van der Waals surface area contributed by atoms with E-state index in [0.29, 0.717) is 24.5 Å². The highest BCUT2D eigenvalue weighted by molar-refractivity contribution is 6.29. The van der Waals surface area contributed by atoms with E-state index in [4.69, 9.17) is 16.3 Å². The van der Waals surface area contributed by atoms with Crippen LogP contribution in [0.15, 0.2) is 12.1 Å². The maximum Gasteiger partial charge on any atom is 0.254 e. The molecule has 0 bridgehead atoms. The molecule has 0 spiro atoms. The van der Waals surface area contributed by atoms with E-state index in [1.807, 2.05) is 13.8 Å². The van der Waals surface area contributed by atoms with Crippen molar-refractivity contribution in [3.8, 4) is 0 Å². The number of ether oxygens (including phenoxy) is 1. The van der Waals surface area contributed by atoms with Crippen LogP contribution in [0.5, 0.6) is 0 Å². The molecular formula is C14H20ClN3O3. The minimum absolute atomic E-state index is 0.119. The van der Waals surface area contributed by atoms with Crippen LogP contribution in [0.3, 0.4) is 0 Å². The first-order chi connectivity index (χ1) is 9.84. The van der Waals surface area contributed by atoms with Gasteiger partial charge in [0.1, 0.15) is 11.0 Å². The van der Waals surface area contributed by atoms with Crippen LogP contribution >= 0.6 is 11.6 Å². The molecule has 116 valence electrons. The van der Waals surface area contributed by atoms with E-state index >= 15 is 0 Å². The molecule has 1 aromatic rings. The summed E-state index contributed by atoms with van der Waals surface area (Å²) in [7, 11) is 1.71. The molecule has 1 aliphatic rings. The number of hydrogen-bond donors (Lipinski definition) is 2. The number of hydrogen-bond acceptors (Lipinski definition) is 5. The van der Waals surface area contributed by atoms with E-state index in [2.05, 4.69) is 10.3 Å². The van der Waals surface area contributed by atoms with Crippen LogP contribution < -0.4 is 5.32 Å². The van der Waals surface area contributed by atoms with Gasteiger partial charge in [0, 0.05) is 25.7 Å². The molecule has 2 N–H and O–H groups in total. The third-order valence-electron chi connectivity index (χ3n) is 3.27. The number of amides is 1. The van der Waals surface area contributed by atoms with E-state index in [1.165, 1.54) is 0 Å². The number of halogens is 1. The monoisotopic (exact) mass is 313 g/mol. The number of pyridine rings is 1. The van der Waals surface area contributed by atoms with Crippen LogP contribution in [0.25, 0.3) is 0 Å². The topological polar surface area (TPSA) is 74.7 Å². The van der Waals surface area contributed by atoms with E-state index in [1.54, 1.807) is 24.1 Å². The predicted octanol–water partition coefficient (Wildman–Crippen LogP) is 1.39. The first kappa shape index (κ1) is 16.0. The SMILES string of the molecule is CNc1cc(C(=O)N2CC(CO)OC(C)(C)C2)cc(Cl)n1. The van der Waals surface area contributed by atoms with Gasteiger partial charge < -0.3 is 20.1 Å². The van der Waals surface area contributed by atoms with Crippen LogP contribution in [0.4, 0.5) is 5.82 Å². The van der Waals surface area contributed by atoms with E-state index in [-0.39, 0.29) is 23.8 Å². The molecular weight excluding hydrogens is 294 g/mol. The van der Waals surface area contributed by atoms with Gasteiger partial charge in [-0.15, -0.1) is 0 Å². The van der Waals surface area contributed by atoms with Crippen LogP contribution in [0.2, 0.25) is 5.15 Å². The molecule has 0 radical (unpaired) electrons. The first-order valence-corrected chi connectivity index (χ1v) is 7.16. The Morgan fingerprint density at radius 3 is 2.95 bits per heavy atom. The smallest absolute Gasteiger partial charge is 0.254 e. The van der Waals surface area contributed by atoms with Crippen molar-refractivity contribution in [1.29, 1.82) is 0 Å². The average molecular weight is 314 g/mol. The lowest BCUT2D eigenvalue weighted by atomic mass is 10.0. The number of nitrogens with zero attached hydrogens (tertiary/aromatic N) is 2. The minimum atomic E-state index is -0.496. The molecule has 1 saturated heterocycles. The van der Waals surface area contributed by atoms with Gasteiger partial charge in [-0.3, -0.25) is 4.79 Å². The predicted molar refractivity (Wildman–Crippen MR) is 80.7 cm³/mol. The van der Waals surface area contributed by atoms with Gasteiger partial charge in [-0.1, -0.05) is 11.6 Å². The van der Waals surface area contributed by atoms with Gasteiger partial charge in [0.05, 0.1) is 18.3 Å². The second kappa shape index (κ2) is 6.17. The molecule has 1 fully saturated rings. The molecule has 21 heavy (non-hydrogen) atoms. The summed E-state index contributed by atoms with van der Waals surface area (Å²) < 4.78 is 5.71. The van der Waals surface area contributed by atoms with E-state index in [9.17, 15) is 9.90 Å². The third-order valence-corrected chi connectivity index (χ3v) is 3.46. The zero-order chi connectivity index (χ0) is 15.6. The number of aliphatic hydroxyl groups excluding tert-OH is 1. The first-order valence-electron chi connectivity index (χ1n) is 6.78. The molecule has 0 aromatic carbocycles. The fourth-order valence-corrected chi connectivity index (χ4v) is 2.69. The summed E-state index contributed by atoms with van der Waals surface area (Å²) in [6.45, 7) is 4.48. The maximum atomic E-state index is 12.6. The molecule has 1 aromatic heterocycles. The zero-order valence-electron chi connectivity index (χ0n) is 12.4. The minimum Gasteiger partial charge on any atom is -0.394 e. The molecule has 2 heterocycles. The second-order valence-electron chi connectivity index (χ2n) is 5.68. The third kappa shape index (κ3) is 3.84. The summed E-state index contributed by atoms with van der Waals surface area (Å²) in [5.41, 5.74) is -0.0296. The summed E-state index contributed by atoms with van der Waals surface area (Å²) in [4.78, 5) is 18.4. The number of aromatic nitrogens is 1. The number of carbonyl (C=O) groups excluding carboxylic acids is 1. The Labute approximate surface area is 129 Å². The lowest BCUT2D eigenvalue weighted by Crippen LogP contribution is -2.55. The summed E-state index contributed by atoms with van der Waals surface area (Å²) >= 11 is 5.94. The lowest BCUT2D eigenvalue weighted by Gasteiger charge is -2.42. The molecule has 1 unspecified atom stereocenters. The molecule has 2 rings (SSSR count). The van der Waals surface area contributed by atoms with E-state index in [0.717, 1.165) is 0 Å². The van der Waals surface area contributed by atoms with Crippen molar-refractivity contribution in [2.75, 3.05) is 32.1 Å². The van der Waals surface area contributed by atoms with Crippen LogP contribution in [-0.4, -0.2) is 59.3 Å². The van der Waals surface area contributed by atoms with Gasteiger partial charge in [0.15, 0.2) is 0 Å². The number of carbonyl (C=O) groups is 1. The molecule has 0 saturated carbocycles. The summed E-state index contributed by atoms with van der Waals surface area (Å²) in [6, 6.07) is 3.20.